The molecule has 174 valence electrons. The molecule has 8 nitrogen and oxygen atoms in total. The van der Waals surface area contributed by atoms with E-state index in [1.54, 1.807) is 31.7 Å². The van der Waals surface area contributed by atoms with Crippen LogP contribution in [0.1, 0.15) is 35.4 Å². The molecule has 0 saturated carbocycles. The molecule has 2 fully saturated rings. The van der Waals surface area contributed by atoms with E-state index in [4.69, 9.17) is 4.74 Å². The van der Waals surface area contributed by atoms with Gasteiger partial charge in [-0.05, 0) is 56.5 Å². The second-order valence-electron chi connectivity index (χ2n) is 8.48. The smallest absolute Gasteiger partial charge is 0.270 e. The van der Waals surface area contributed by atoms with E-state index in [-0.39, 0.29) is 10.8 Å². The van der Waals surface area contributed by atoms with Gasteiger partial charge in [0.2, 0.25) is 10.0 Å². The summed E-state index contributed by atoms with van der Waals surface area (Å²) in [5.41, 5.74) is 2.09. The van der Waals surface area contributed by atoms with Gasteiger partial charge >= 0.3 is 0 Å². The van der Waals surface area contributed by atoms with Crippen LogP contribution in [0.3, 0.4) is 0 Å². The summed E-state index contributed by atoms with van der Waals surface area (Å²) in [6.07, 6.45) is 3.13. The van der Waals surface area contributed by atoms with Crippen molar-refractivity contribution in [2.75, 3.05) is 51.3 Å². The number of hydrogen-bond acceptors (Lipinski definition) is 5. The van der Waals surface area contributed by atoms with Gasteiger partial charge in [0.1, 0.15) is 16.3 Å². The highest BCUT2D eigenvalue weighted by atomic mass is 32.2. The van der Waals surface area contributed by atoms with Crippen LogP contribution in [0.2, 0.25) is 0 Å². The molecule has 1 aromatic heterocycles. The van der Waals surface area contributed by atoms with Gasteiger partial charge in [0.15, 0.2) is 0 Å². The number of piperidine rings is 1. The molecule has 1 amide bonds. The molecular weight excluding hydrogens is 428 g/mol. The standard InChI is InChI=1S/C23H32N4O4S/c1-18-22(17-21(24(18)2)23(28)26-11-5-4-6-12-26)32(29,30)27-15-13-25(14-16-27)19-7-9-20(31-3)10-8-19/h7-10,17H,4-6,11-16H2,1-3H3. The van der Waals surface area contributed by atoms with Crippen molar-refractivity contribution in [3.63, 3.8) is 0 Å². The Kier molecular flexibility index (Phi) is 6.48. The third-order valence-corrected chi connectivity index (χ3v) is 8.66. The molecule has 0 bridgehead atoms. The van der Waals surface area contributed by atoms with E-state index in [0.29, 0.717) is 37.6 Å². The zero-order valence-corrected chi connectivity index (χ0v) is 19.9. The van der Waals surface area contributed by atoms with Crippen LogP contribution in [0.25, 0.3) is 0 Å². The van der Waals surface area contributed by atoms with E-state index >= 15 is 0 Å². The van der Waals surface area contributed by atoms with Gasteiger partial charge < -0.3 is 19.1 Å². The number of piperazine rings is 1. The van der Waals surface area contributed by atoms with Crippen molar-refractivity contribution in [1.82, 2.24) is 13.8 Å². The first kappa shape index (κ1) is 22.7. The van der Waals surface area contributed by atoms with Crippen LogP contribution >= 0.6 is 0 Å². The number of hydrogen-bond donors (Lipinski definition) is 0. The Bertz CT molecular complexity index is 1060. The molecule has 2 aliphatic rings. The lowest BCUT2D eigenvalue weighted by Gasteiger charge is -2.35. The maximum Gasteiger partial charge on any atom is 0.270 e. The van der Waals surface area contributed by atoms with Crippen LogP contribution in [0.5, 0.6) is 5.75 Å². The third-order valence-electron chi connectivity index (χ3n) is 6.65. The summed E-state index contributed by atoms with van der Waals surface area (Å²) in [5.74, 6) is 0.713. The number of sulfonamides is 1. The number of likely N-dealkylation sites (tertiary alicyclic amines) is 1. The van der Waals surface area contributed by atoms with E-state index in [1.165, 1.54) is 4.31 Å². The third kappa shape index (κ3) is 4.23. The fraction of sp³-hybridized carbons (Fsp3) is 0.522. The summed E-state index contributed by atoms with van der Waals surface area (Å²) in [6.45, 7) is 5.26. The average molecular weight is 461 g/mol. The maximum atomic E-state index is 13.5. The van der Waals surface area contributed by atoms with Gasteiger partial charge in [-0.3, -0.25) is 4.79 Å². The van der Waals surface area contributed by atoms with Gasteiger partial charge in [-0.1, -0.05) is 0 Å². The predicted molar refractivity (Wildman–Crippen MR) is 124 cm³/mol. The molecule has 0 N–H and O–H groups in total. The van der Waals surface area contributed by atoms with Crippen molar-refractivity contribution in [3.8, 4) is 5.75 Å². The Morgan fingerprint density at radius 3 is 2.16 bits per heavy atom. The SMILES string of the molecule is COc1ccc(N2CCN(S(=O)(=O)c3cc(C(=O)N4CCCCC4)n(C)c3C)CC2)cc1. The highest BCUT2D eigenvalue weighted by Gasteiger charge is 2.33. The molecule has 3 heterocycles. The van der Waals surface area contributed by atoms with Crippen LogP contribution in [-0.4, -0.2) is 74.5 Å². The van der Waals surface area contributed by atoms with Crippen LogP contribution in [0.4, 0.5) is 5.69 Å². The number of ether oxygens (including phenoxy) is 1. The van der Waals surface area contributed by atoms with Crippen molar-refractivity contribution in [3.05, 3.63) is 41.7 Å². The number of aromatic nitrogens is 1. The molecule has 2 saturated heterocycles. The monoisotopic (exact) mass is 460 g/mol. The number of rotatable bonds is 5. The maximum absolute atomic E-state index is 13.5. The number of methoxy groups -OCH3 is 1. The largest absolute Gasteiger partial charge is 0.497 e. The molecule has 1 aromatic carbocycles. The van der Waals surface area contributed by atoms with Crippen molar-refractivity contribution < 1.29 is 17.9 Å². The first-order valence-corrected chi connectivity index (χ1v) is 12.6. The summed E-state index contributed by atoms with van der Waals surface area (Å²) in [5, 5.41) is 0. The molecule has 0 aliphatic carbocycles. The molecule has 32 heavy (non-hydrogen) atoms. The molecular formula is C23H32N4O4S. The molecule has 0 atom stereocenters. The minimum Gasteiger partial charge on any atom is -0.497 e. The summed E-state index contributed by atoms with van der Waals surface area (Å²) in [4.78, 5) is 17.3. The average Bonchev–Trinajstić information content (AvgIpc) is 3.14. The number of nitrogens with zero attached hydrogens (tertiary/aromatic N) is 4. The number of carbonyl (C=O) groups is 1. The Hall–Kier alpha value is -2.52. The summed E-state index contributed by atoms with van der Waals surface area (Å²) >= 11 is 0. The van der Waals surface area contributed by atoms with Gasteiger partial charge in [-0.15, -0.1) is 0 Å². The summed E-state index contributed by atoms with van der Waals surface area (Å²) in [7, 11) is -0.274. The van der Waals surface area contributed by atoms with Crippen LogP contribution in [0, 0.1) is 6.92 Å². The molecule has 9 heteroatoms. The topological polar surface area (TPSA) is 75.1 Å². The van der Waals surface area contributed by atoms with Crippen molar-refractivity contribution in [2.24, 2.45) is 7.05 Å². The molecule has 2 aromatic rings. The van der Waals surface area contributed by atoms with E-state index in [1.807, 2.05) is 29.2 Å². The van der Waals surface area contributed by atoms with Crippen LogP contribution in [0.15, 0.2) is 35.2 Å². The zero-order chi connectivity index (χ0) is 22.9. The van der Waals surface area contributed by atoms with Crippen LogP contribution < -0.4 is 9.64 Å². The molecule has 2 aliphatic heterocycles. The van der Waals surface area contributed by atoms with E-state index < -0.39 is 10.0 Å². The van der Waals surface area contributed by atoms with Gasteiger partial charge in [-0.2, -0.15) is 4.31 Å². The zero-order valence-electron chi connectivity index (χ0n) is 19.1. The Labute approximate surface area is 190 Å². The van der Waals surface area contributed by atoms with E-state index in [9.17, 15) is 13.2 Å². The number of amides is 1. The lowest BCUT2D eigenvalue weighted by atomic mass is 10.1. The van der Waals surface area contributed by atoms with Gasteiger partial charge in [0, 0.05) is 57.7 Å². The van der Waals surface area contributed by atoms with Gasteiger partial charge in [0.05, 0.1) is 7.11 Å². The Morgan fingerprint density at radius 2 is 1.56 bits per heavy atom. The van der Waals surface area contributed by atoms with Crippen molar-refractivity contribution in [2.45, 2.75) is 31.1 Å². The lowest BCUT2D eigenvalue weighted by Crippen LogP contribution is -2.48. The lowest BCUT2D eigenvalue weighted by molar-refractivity contribution is 0.0714. The first-order valence-electron chi connectivity index (χ1n) is 11.2. The molecule has 0 radical (unpaired) electrons. The van der Waals surface area contributed by atoms with Gasteiger partial charge in [0.25, 0.3) is 5.91 Å². The second kappa shape index (κ2) is 9.15. The van der Waals surface area contributed by atoms with Gasteiger partial charge in [-0.25, -0.2) is 8.42 Å². The predicted octanol–water partition coefficient (Wildman–Crippen LogP) is 2.48. The minimum atomic E-state index is -3.68. The molecule has 0 spiro atoms. The highest BCUT2D eigenvalue weighted by molar-refractivity contribution is 7.89. The second-order valence-corrected chi connectivity index (χ2v) is 10.4. The first-order chi connectivity index (χ1) is 15.3. The fourth-order valence-electron chi connectivity index (χ4n) is 4.52. The van der Waals surface area contributed by atoms with E-state index in [2.05, 4.69) is 4.90 Å². The number of anilines is 1. The summed E-state index contributed by atoms with van der Waals surface area (Å²) < 4.78 is 35.4. The summed E-state index contributed by atoms with van der Waals surface area (Å²) in [6, 6.07) is 9.36. The Balaban J connectivity index is 1.49. The van der Waals surface area contributed by atoms with Crippen LogP contribution in [-0.2, 0) is 17.1 Å². The Morgan fingerprint density at radius 1 is 0.938 bits per heavy atom. The normalized spacial score (nSPS) is 18.1. The highest BCUT2D eigenvalue weighted by Crippen LogP contribution is 2.27. The fourth-order valence-corrected chi connectivity index (χ4v) is 6.21. The number of benzene rings is 1. The number of carbonyl (C=O) groups excluding carboxylic acids is 1. The molecule has 0 unspecified atom stereocenters. The van der Waals surface area contributed by atoms with Crippen molar-refractivity contribution in [1.29, 1.82) is 0 Å². The molecule has 4 rings (SSSR count). The van der Waals surface area contributed by atoms with E-state index in [0.717, 1.165) is 43.8 Å². The van der Waals surface area contributed by atoms with Crippen molar-refractivity contribution >= 4 is 21.6 Å². The minimum absolute atomic E-state index is 0.0823. The quantitative estimate of drug-likeness (QED) is 0.685.